The number of urea groups is 1. The molecule has 23 heavy (non-hydrogen) atoms. The van der Waals surface area contributed by atoms with Gasteiger partial charge in [0.1, 0.15) is 0 Å². The van der Waals surface area contributed by atoms with Crippen molar-refractivity contribution >= 4 is 11.9 Å². The van der Waals surface area contributed by atoms with Gasteiger partial charge in [0.2, 0.25) is 5.91 Å². The molecule has 0 saturated carbocycles. The highest BCUT2D eigenvalue weighted by molar-refractivity contribution is 5.79. The van der Waals surface area contributed by atoms with Crippen LogP contribution in [0.5, 0.6) is 0 Å². The summed E-state index contributed by atoms with van der Waals surface area (Å²) in [6.45, 7) is 7.46. The Morgan fingerprint density at radius 1 is 1.30 bits per heavy atom. The number of carbonyl (C=O) groups is 2. The van der Waals surface area contributed by atoms with Gasteiger partial charge in [-0.25, -0.2) is 4.79 Å². The van der Waals surface area contributed by atoms with Crippen LogP contribution in [0.1, 0.15) is 37.4 Å². The second-order valence-corrected chi connectivity index (χ2v) is 6.39. The van der Waals surface area contributed by atoms with Crippen LogP contribution in [0.15, 0.2) is 24.3 Å². The predicted molar refractivity (Wildman–Crippen MR) is 89.9 cm³/mol. The lowest BCUT2D eigenvalue weighted by Gasteiger charge is -2.37. The number of aryl methyl sites for hydroxylation is 1. The molecule has 1 saturated heterocycles. The Morgan fingerprint density at radius 3 is 2.48 bits per heavy atom. The van der Waals surface area contributed by atoms with Crippen molar-refractivity contribution in [3.63, 3.8) is 0 Å². The first kappa shape index (κ1) is 17.3. The van der Waals surface area contributed by atoms with Crippen molar-refractivity contribution in [2.24, 2.45) is 5.73 Å². The maximum Gasteiger partial charge on any atom is 0.312 e. The molecule has 0 unspecified atom stereocenters. The fourth-order valence-electron chi connectivity index (χ4n) is 3.22. The third-order valence-electron chi connectivity index (χ3n) is 4.17. The zero-order valence-electron chi connectivity index (χ0n) is 14.0. The van der Waals surface area contributed by atoms with E-state index in [1.165, 1.54) is 0 Å². The summed E-state index contributed by atoms with van der Waals surface area (Å²) in [5.41, 5.74) is 7.25. The van der Waals surface area contributed by atoms with Gasteiger partial charge in [-0.1, -0.05) is 24.3 Å². The van der Waals surface area contributed by atoms with Crippen LogP contribution in [0.2, 0.25) is 0 Å². The highest BCUT2D eigenvalue weighted by Gasteiger charge is 2.27. The Balaban J connectivity index is 2.13. The van der Waals surface area contributed by atoms with Gasteiger partial charge >= 0.3 is 6.03 Å². The fourth-order valence-corrected chi connectivity index (χ4v) is 3.22. The van der Waals surface area contributed by atoms with Crippen LogP contribution in [-0.4, -0.2) is 42.0 Å². The average Bonchev–Trinajstić information content (AvgIpc) is 2.45. The van der Waals surface area contributed by atoms with Gasteiger partial charge in [-0.15, -0.1) is 0 Å². The van der Waals surface area contributed by atoms with Crippen molar-refractivity contribution in [3.05, 3.63) is 35.4 Å². The van der Waals surface area contributed by atoms with Crippen LogP contribution in [-0.2, 0) is 4.79 Å². The molecule has 3 amide bonds. The van der Waals surface area contributed by atoms with E-state index < -0.39 is 12.1 Å². The summed E-state index contributed by atoms with van der Waals surface area (Å²) in [6.07, 6.45) is 0.216. The van der Waals surface area contributed by atoms with Gasteiger partial charge in [-0.3, -0.25) is 4.79 Å². The van der Waals surface area contributed by atoms with Crippen LogP contribution in [0.4, 0.5) is 4.79 Å². The second kappa shape index (κ2) is 7.46. The number of primary amides is 1. The van der Waals surface area contributed by atoms with Gasteiger partial charge in [0, 0.05) is 25.2 Å². The third-order valence-corrected chi connectivity index (χ3v) is 4.17. The van der Waals surface area contributed by atoms with Gasteiger partial charge in [-0.05, 0) is 31.9 Å². The highest BCUT2D eigenvalue weighted by atomic mass is 16.2. The van der Waals surface area contributed by atoms with Gasteiger partial charge in [-0.2, -0.15) is 0 Å². The number of nitrogens with zero attached hydrogens (tertiary/aromatic N) is 1. The molecular weight excluding hydrogens is 292 g/mol. The number of amides is 3. The summed E-state index contributed by atoms with van der Waals surface area (Å²) in [6, 6.07) is 7.23. The standard InChI is InChI=1S/C17H26N4O2/c1-11-6-4-5-7-14(11)15(20-17(18)23)8-16(22)21-9-12(2)19-13(3)10-21/h4-7,12-13,15,19H,8-10H2,1-3H3,(H3,18,20,23)/t12-,13-,15+/m1/s1. The van der Waals surface area contributed by atoms with E-state index in [0.29, 0.717) is 13.1 Å². The van der Waals surface area contributed by atoms with E-state index in [4.69, 9.17) is 5.73 Å². The van der Waals surface area contributed by atoms with Crippen molar-refractivity contribution in [2.75, 3.05) is 13.1 Å². The second-order valence-electron chi connectivity index (χ2n) is 6.39. The number of piperazine rings is 1. The summed E-state index contributed by atoms with van der Waals surface area (Å²) in [7, 11) is 0. The Morgan fingerprint density at radius 2 is 1.91 bits per heavy atom. The van der Waals surface area contributed by atoms with E-state index in [1.54, 1.807) is 0 Å². The quantitative estimate of drug-likeness (QED) is 0.782. The van der Waals surface area contributed by atoms with Crippen LogP contribution >= 0.6 is 0 Å². The Labute approximate surface area is 137 Å². The van der Waals surface area contributed by atoms with Crippen LogP contribution < -0.4 is 16.4 Å². The molecule has 3 atom stereocenters. The first-order valence-electron chi connectivity index (χ1n) is 8.02. The monoisotopic (exact) mass is 318 g/mol. The van der Waals surface area contributed by atoms with Crippen molar-refractivity contribution in [2.45, 2.75) is 45.3 Å². The number of hydrogen-bond donors (Lipinski definition) is 3. The zero-order valence-corrected chi connectivity index (χ0v) is 14.0. The normalized spacial score (nSPS) is 22.5. The molecule has 126 valence electrons. The Bertz CT molecular complexity index is 565. The zero-order chi connectivity index (χ0) is 17.0. The van der Waals surface area contributed by atoms with Crippen LogP contribution in [0, 0.1) is 6.92 Å². The molecule has 0 radical (unpaired) electrons. The molecule has 1 fully saturated rings. The Hall–Kier alpha value is -2.08. The summed E-state index contributed by atoms with van der Waals surface area (Å²) >= 11 is 0. The molecule has 1 heterocycles. The van der Waals surface area contributed by atoms with Gasteiger partial charge < -0.3 is 21.3 Å². The van der Waals surface area contributed by atoms with E-state index >= 15 is 0 Å². The summed E-state index contributed by atoms with van der Waals surface area (Å²) in [4.78, 5) is 25.9. The molecule has 0 aliphatic carbocycles. The molecule has 4 N–H and O–H groups in total. The van der Waals surface area contributed by atoms with Crippen LogP contribution in [0.3, 0.4) is 0 Å². The van der Waals surface area contributed by atoms with E-state index in [9.17, 15) is 9.59 Å². The number of rotatable bonds is 4. The molecule has 0 aromatic heterocycles. The summed E-state index contributed by atoms with van der Waals surface area (Å²) < 4.78 is 0. The fraction of sp³-hybridized carbons (Fsp3) is 0.529. The molecule has 1 aliphatic rings. The van der Waals surface area contributed by atoms with Crippen molar-refractivity contribution in [3.8, 4) is 0 Å². The maximum atomic E-state index is 12.7. The molecule has 6 nitrogen and oxygen atoms in total. The first-order chi connectivity index (χ1) is 10.9. The topological polar surface area (TPSA) is 87.5 Å². The van der Waals surface area contributed by atoms with Gasteiger partial charge in [0.05, 0.1) is 12.5 Å². The van der Waals surface area contributed by atoms with E-state index in [0.717, 1.165) is 11.1 Å². The minimum atomic E-state index is -0.617. The van der Waals surface area contributed by atoms with Gasteiger partial charge in [0.25, 0.3) is 0 Å². The largest absolute Gasteiger partial charge is 0.352 e. The lowest BCUT2D eigenvalue weighted by Crippen LogP contribution is -2.56. The molecule has 1 aromatic rings. The number of nitrogens with one attached hydrogen (secondary N) is 2. The lowest BCUT2D eigenvalue weighted by atomic mass is 9.98. The smallest absolute Gasteiger partial charge is 0.312 e. The summed E-state index contributed by atoms with van der Waals surface area (Å²) in [5.74, 6) is 0.0344. The minimum Gasteiger partial charge on any atom is -0.352 e. The first-order valence-corrected chi connectivity index (χ1v) is 8.02. The molecule has 2 rings (SSSR count). The number of nitrogens with two attached hydrogens (primary N) is 1. The molecule has 6 heteroatoms. The molecule has 1 aromatic carbocycles. The van der Waals surface area contributed by atoms with Crippen molar-refractivity contribution in [1.29, 1.82) is 0 Å². The summed E-state index contributed by atoms with van der Waals surface area (Å²) in [5, 5.41) is 6.11. The third kappa shape index (κ3) is 4.69. The predicted octanol–water partition coefficient (Wildman–Crippen LogP) is 1.30. The van der Waals surface area contributed by atoms with Crippen molar-refractivity contribution < 1.29 is 9.59 Å². The number of benzene rings is 1. The van der Waals surface area contributed by atoms with E-state index in [-0.39, 0.29) is 24.4 Å². The van der Waals surface area contributed by atoms with Gasteiger partial charge in [0.15, 0.2) is 0 Å². The molecular formula is C17H26N4O2. The molecule has 1 aliphatic heterocycles. The van der Waals surface area contributed by atoms with E-state index in [2.05, 4.69) is 24.5 Å². The lowest BCUT2D eigenvalue weighted by molar-refractivity contribution is -0.133. The van der Waals surface area contributed by atoms with E-state index in [1.807, 2.05) is 36.1 Å². The minimum absolute atomic E-state index is 0.0344. The van der Waals surface area contributed by atoms with Crippen molar-refractivity contribution in [1.82, 2.24) is 15.5 Å². The highest BCUT2D eigenvalue weighted by Crippen LogP contribution is 2.22. The molecule has 0 bridgehead atoms. The Kier molecular flexibility index (Phi) is 5.60. The SMILES string of the molecule is Cc1ccccc1[C@H](CC(=O)N1C[C@@H](C)N[C@H](C)C1)NC(N)=O. The average molecular weight is 318 g/mol. The number of carbonyl (C=O) groups excluding carboxylic acids is 2. The van der Waals surface area contributed by atoms with Crippen LogP contribution in [0.25, 0.3) is 0 Å². The molecule has 0 spiro atoms. The maximum absolute atomic E-state index is 12.7. The number of hydrogen-bond acceptors (Lipinski definition) is 3.